The highest BCUT2D eigenvalue weighted by atomic mass is 13.6. The molecule has 0 N–H and O–H groups in total. The van der Waals surface area contributed by atoms with Gasteiger partial charge in [-0.05, 0) is 0 Å². The monoisotopic (exact) mass is 238 g/mol. The molecule has 1 aromatic carbocycles. The second-order valence-corrected chi connectivity index (χ2v) is 3.59. The van der Waals surface area contributed by atoms with Crippen LogP contribution in [0, 0.1) is 0 Å². The van der Waals surface area contributed by atoms with E-state index >= 15 is 0 Å². The quantitative estimate of drug-likeness (QED) is 0.451. The summed E-state index contributed by atoms with van der Waals surface area (Å²) in [5.74, 6) is 0. The third-order valence-electron chi connectivity index (χ3n) is 0.667. The van der Waals surface area contributed by atoms with Crippen LogP contribution in [0.15, 0.2) is 36.4 Å². The van der Waals surface area contributed by atoms with Crippen LogP contribution in [-0.4, -0.2) is 6.71 Å². The second-order valence-electron chi connectivity index (χ2n) is 3.59. The van der Waals surface area contributed by atoms with Gasteiger partial charge in [-0.25, -0.2) is 0 Å². The average Bonchev–Trinajstić information content (AvgIpc) is 2.37. The van der Waals surface area contributed by atoms with Crippen LogP contribution in [0.5, 0.6) is 0 Å². The molecule has 1 rings (SSSR count). The molecule has 1 aromatic rings. The summed E-state index contributed by atoms with van der Waals surface area (Å²) < 4.78 is 0. The molecule has 0 spiro atoms. The lowest BCUT2D eigenvalue weighted by Gasteiger charge is -1.71. The van der Waals surface area contributed by atoms with Crippen LogP contribution in [-0.2, 0) is 0 Å². The van der Waals surface area contributed by atoms with Crippen molar-refractivity contribution >= 4 is 6.71 Å². The van der Waals surface area contributed by atoms with Gasteiger partial charge in [0.1, 0.15) is 6.71 Å². The van der Waals surface area contributed by atoms with Crippen molar-refractivity contribution in [2.75, 3.05) is 0 Å². The number of benzene rings is 1. The lowest BCUT2D eigenvalue weighted by atomic mass is 9.58. The molecule has 0 saturated carbocycles. The minimum Gasteiger partial charge on any atom is -0.0865 e. The predicted octanol–water partition coefficient (Wildman–Crippen LogP) is 6.53. The van der Waals surface area contributed by atoms with Crippen molar-refractivity contribution in [2.45, 2.75) is 68.4 Å². The van der Waals surface area contributed by atoms with E-state index in [4.69, 9.17) is 0 Å². The van der Waals surface area contributed by atoms with Crippen molar-refractivity contribution in [3.05, 3.63) is 36.4 Å². The fourth-order valence-electron chi connectivity index (χ4n) is 0.385. The van der Waals surface area contributed by atoms with Crippen molar-refractivity contribution in [2.24, 2.45) is 0 Å². The van der Waals surface area contributed by atoms with E-state index in [1.54, 1.807) is 0 Å². The Bertz CT molecular complexity index is 117. The Morgan fingerprint density at radius 1 is 0.588 bits per heavy atom. The van der Waals surface area contributed by atoms with Gasteiger partial charge in [-0.1, -0.05) is 105 Å². The number of rotatable bonds is 0. The highest BCUT2D eigenvalue weighted by Crippen LogP contribution is 1.79. The first-order valence-electron chi connectivity index (χ1n) is 7.15. The maximum absolute atomic E-state index is 2.17. The fourth-order valence-corrected chi connectivity index (χ4v) is 0.385. The molecule has 0 saturated heterocycles. The maximum atomic E-state index is 2.17. The smallest absolute Gasteiger partial charge is 0.0865 e. The molecule has 0 nitrogen and oxygen atoms in total. The normalized spacial score (nSPS) is 6.18. The zero-order valence-electron chi connectivity index (χ0n) is 13.7. The molecule has 0 aliphatic heterocycles. The van der Waals surface area contributed by atoms with Gasteiger partial charge in [0, 0.05) is 0 Å². The van der Waals surface area contributed by atoms with Gasteiger partial charge < -0.3 is 0 Å². The minimum atomic E-state index is 0.833. The van der Waals surface area contributed by atoms with Crippen molar-refractivity contribution in [3.63, 3.8) is 0 Å². The molecule has 0 aromatic heterocycles. The minimum absolute atomic E-state index is 0.833. The van der Waals surface area contributed by atoms with Gasteiger partial charge in [-0.2, -0.15) is 0 Å². The summed E-state index contributed by atoms with van der Waals surface area (Å²) in [7, 11) is 0. The van der Waals surface area contributed by atoms with Gasteiger partial charge in [0.15, 0.2) is 0 Å². The Morgan fingerprint density at radius 3 is 0.706 bits per heavy atom. The molecular formula is C16H35B. The van der Waals surface area contributed by atoms with Crippen LogP contribution in [0.25, 0.3) is 0 Å². The van der Waals surface area contributed by atoms with Crippen molar-refractivity contribution < 1.29 is 0 Å². The average molecular weight is 238 g/mol. The molecule has 102 valence electrons. The number of hydrogen-bond acceptors (Lipinski definition) is 0. The molecule has 0 atom stereocenters. The first-order valence-corrected chi connectivity index (χ1v) is 7.15. The third kappa shape index (κ3) is 96.6. The van der Waals surface area contributed by atoms with Gasteiger partial charge in [0.25, 0.3) is 0 Å². The summed E-state index contributed by atoms with van der Waals surface area (Å²) >= 11 is 0. The van der Waals surface area contributed by atoms with Crippen molar-refractivity contribution in [3.8, 4) is 0 Å². The van der Waals surface area contributed by atoms with E-state index in [0.717, 1.165) is 6.71 Å². The van der Waals surface area contributed by atoms with Crippen LogP contribution >= 0.6 is 0 Å². The van der Waals surface area contributed by atoms with Gasteiger partial charge in [0.2, 0.25) is 0 Å². The molecule has 0 fully saturated rings. The molecule has 0 amide bonds. The van der Waals surface area contributed by atoms with Crippen molar-refractivity contribution in [1.29, 1.82) is 0 Å². The Balaban J connectivity index is -0.0000000684. The lowest BCUT2D eigenvalue weighted by Crippen LogP contribution is -1.84. The van der Waals surface area contributed by atoms with Crippen LogP contribution < -0.4 is 0 Å². The highest BCUT2D eigenvalue weighted by molar-refractivity contribution is 6.54. The zero-order chi connectivity index (χ0) is 14.5. The van der Waals surface area contributed by atoms with Crippen LogP contribution in [0.1, 0.15) is 48.0 Å². The Morgan fingerprint density at radius 2 is 0.647 bits per heavy atom. The predicted molar refractivity (Wildman–Crippen MR) is 88.4 cm³/mol. The largest absolute Gasteiger partial charge is 0.130 e. The van der Waals surface area contributed by atoms with Gasteiger partial charge in [-0.15, -0.1) is 0 Å². The molecule has 0 heterocycles. The van der Waals surface area contributed by atoms with E-state index in [0.29, 0.717) is 0 Å². The summed E-state index contributed by atoms with van der Waals surface area (Å²) in [6, 6.07) is 12.0. The summed E-state index contributed by atoms with van der Waals surface area (Å²) in [6.07, 6.45) is 1.25. The van der Waals surface area contributed by atoms with Crippen LogP contribution in [0.4, 0.5) is 0 Å². The van der Waals surface area contributed by atoms with E-state index < -0.39 is 0 Å². The molecule has 0 bridgehead atoms. The molecular weight excluding hydrogens is 203 g/mol. The number of hydrogen-bond donors (Lipinski definition) is 0. The molecule has 0 aliphatic carbocycles. The summed E-state index contributed by atoms with van der Waals surface area (Å²) in [4.78, 5) is 0. The van der Waals surface area contributed by atoms with E-state index in [1.165, 1.54) is 6.42 Å². The lowest BCUT2D eigenvalue weighted by molar-refractivity contribution is 1.09. The van der Waals surface area contributed by atoms with E-state index in [2.05, 4.69) is 34.3 Å². The fraction of sp³-hybridized carbons (Fsp3) is 0.625. The highest BCUT2D eigenvalue weighted by Gasteiger charge is 1.76. The van der Waals surface area contributed by atoms with Crippen LogP contribution in [0.3, 0.4) is 0 Å². The second kappa shape index (κ2) is 36.2. The molecule has 0 radical (unpaired) electrons. The molecule has 0 aliphatic rings. The standard InChI is InChI=1S/C6H6.C3H9B.C3H8.2C2H6/c1-2-4-6-5-3-1;1-4(2)3;1-3-2;2*1-2/h1-6H;1-3H3;3H2,1-2H3;2*1-2H3. The zero-order valence-corrected chi connectivity index (χ0v) is 13.7. The molecule has 0 unspecified atom stereocenters. The van der Waals surface area contributed by atoms with Gasteiger partial charge in [-0.3, -0.25) is 0 Å². The van der Waals surface area contributed by atoms with Gasteiger partial charge in [0.05, 0.1) is 0 Å². The van der Waals surface area contributed by atoms with Crippen LogP contribution in [0.2, 0.25) is 20.5 Å². The molecule has 1 heteroatoms. The van der Waals surface area contributed by atoms with E-state index in [9.17, 15) is 0 Å². The summed E-state index contributed by atoms with van der Waals surface area (Å²) in [5, 5.41) is 0. The first-order chi connectivity index (χ1) is 8.15. The Hall–Kier alpha value is -0.715. The topological polar surface area (TPSA) is 0 Å². The summed E-state index contributed by atoms with van der Waals surface area (Å²) in [5.41, 5.74) is 0. The first kappa shape index (κ1) is 25.2. The molecule has 17 heavy (non-hydrogen) atoms. The van der Waals surface area contributed by atoms with E-state index in [1.807, 2.05) is 64.1 Å². The third-order valence-corrected chi connectivity index (χ3v) is 0.667. The van der Waals surface area contributed by atoms with Crippen molar-refractivity contribution in [1.82, 2.24) is 0 Å². The van der Waals surface area contributed by atoms with E-state index in [-0.39, 0.29) is 0 Å². The Labute approximate surface area is 112 Å². The SMILES string of the molecule is CB(C)C.CC.CC.CCC.c1ccccc1. The summed E-state index contributed by atoms with van der Waals surface area (Å²) in [6.45, 7) is 19.6. The van der Waals surface area contributed by atoms with Gasteiger partial charge >= 0.3 is 0 Å². The maximum Gasteiger partial charge on any atom is 0.130 e. The Kier molecular flexibility index (Phi) is 53.7.